The average molecular weight is 411 g/mol. The second-order valence-electron chi connectivity index (χ2n) is 8.38. The molecule has 0 radical (unpaired) electrons. The van der Waals surface area contributed by atoms with Crippen LogP contribution in [-0.2, 0) is 15.0 Å². The first-order valence-electron chi connectivity index (χ1n) is 9.32. The van der Waals surface area contributed by atoms with Crippen molar-refractivity contribution in [3.63, 3.8) is 0 Å². The molecule has 2 fully saturated rings. The van der Waals surface area contributed by atoms with Crippen molar-refractivity contribution in [3.05, 3.63) is 0 Å². The van der Waals surface area contributed by atoms with E-state index in [1.54, 1.807) is 16.3 Å². The molecule has 0 unspecified atom stereocenters. The van der Waals surface area contributed by atoms with E-state index in [1.165, 1.54) is 10.7 Å². The van der Waals surface area contributed by atoms with Gasteiger partial charge in [-0.3, -0.25) is 4.79 Å². The molecule has 0 spiro atoms. The summed E-state index contributed by atoms with van der Waals surface area (Å²) in [5.74, 6) is -0.0924. The van der Waals surface area contributed by atoms with Gasteiger partial charge in [-0.25, -0.2) is 0 Å². The quantitative estimate of drug-likeness (QED) is 0.759. The lowest BCUT2D eigenvalue weighted by atomic mass is 9.86. The van der Waals surface area contributed by atoms with Gasteiger partial charge in [0.1, 0.15) is 0 Å². The van der Waals surface area contributed by atoms with Gasteiger partial charge in [0.25, 0.3) is 10.2 Å². The van der Waals surface area contributed by atoms with Gasteiger partial charge in [0.15, 0.2) is 0 Å². The first-order valence-corrected chi connectivity index (χ1v) is 10.7. The van der Waals surface area contributed by atoms with Crippen molar-refractivity contribution in [1.82, 2.24) is 13.5 Å². The number of carbonyl (C=O) groups excluding carboxylic acids is 1. The van der Waals surface area contributed by atoms with Crippen LogP contribution < -0.4 is 5.73 Å². The Morgan fingerprint density at radius 3 is 2.04 bits per heavy atom. The monoisotopic (exact) mass is 410 g/mol. The second kappa shape index (κ2) is 9.19. The normalized spacial score (nSPS) is 22.2. The summed E-state index contributed by atoms with van der Waals surface area (Å²) in [4.78, 5) is 14.2. The van der Waals surface area contributed by atoms with Gasteiger partial charge in [0.05, 0.1) is 6.04 Å². The Balaban J connectivity index is 0.00000338. The molecule has 0 aromatic rings. The predicted molar refractivity (Wildman–Crippen MR) is 106 cm³/mol. The van der Waals surface area contributed by atoms with E-state index < -0.39 is 16.3 Å². The Morgan fingerprint density at radius 1 is 1.08 bits per heavy atom. The van der Waals surface area contributed by atoms with Crippen LogP contribution in [0.15, 0.2) is 0 Å². The Hall–Kier alpha value is -0.410. The van der Waals surface area contributed by atoms with Gasteiger partial charge in [0, 0.05) is 39.3 Å². The van der Waals surface area contributed by atoms with Crippen molar-refractivity contribution < 1.29 is 13.2 Å². The Morgan fingerprint density at radius 2 is 1.58 bits per heavy atom. The second-order valence-corrected chi connectivity index (χ2v) is 10.4. The summed E-state index contributed by atoms with van der Waals surface area (Å²) in [5, 5.41) is 0. The number of amides is 1. The molecule has 1 aliphatic carbocycles. The SMILES string of the molecule is CN(C1CCCCC1)S(=O)(=O)N1CCN(C(=O)[C@@H](N)C(C)(C)C)CC1.Cl. The average Bonchev–Trinajstić information content (AvgIpc) is 2.59. The molecule has 1 atom stereocenters. The van der Waals surface area contributed by atoms with Crippen LogP contribution in [0.2, 0.25) is 0 Å². The van der Waals surface area contributed by atoms with Gasteiger partial charge in [-0.2, -0.15) is 17.0 Å². The molecule has 26 heavy (non-hydrogen) atoms. The smallest absolute Gasteiger partial charge is 0.282 e. The summed E-state index contributed by atoms with van der Waals surface area (Å²) < 4.78 is 28.8. The van der Waals surface area contributed by atoms with E-state index in [-0.39, 0.29) is 29.8 Å². The van der Waals surface area contributed by atoms with Gasteiger partial charge in [-0.1, -0.05) is 40.0 Å². The van der Waals surface area contributed by atoms with Crippen LogP contribution in [0, 0.1) is 5.41 Å². The molecule has 7 nitrogen and oxygen atoms in total. The van der Waals surface area contributed by atoms with E-state index in [1.807, 2.05) is 20.8 Å². The highest BCUT2D eigenvalue weighted by molar-refractivity contribution is 7.86. The largest absolute Gasteiger partial charge is 0.339 e. The van der Waals surface area contributed by atoms with Crippen LogP contribution in [0.25, 0.3) is 0 Å². The summed E-state index contributed by atoms with van der Waals surface area (Å²) >= 11 is 0. The number of nitrogens with zero attached hydrogens (tertiary/aromatic N) is 3. The lowest BCUT2D eigenvalue weighted by molar-refractivity contribution is -0.136. The van der Waals surface area contributed by atoms with Crippen molar-refractivity contribution in [2.45, 2.75) is 65.0 Å². The third-order valence-corrected chi connectivity index (χ3v) is 7.57. The maximum Gasteiger partial charge on any atom is 0.282 e. The van der Waals surface area contributed by atoms with Crippen LogP contribution in [0.3, 0.4) is 0 Å². The number of hydrogen-bond donors (Lipinski definition) is 1. The molecule has 1 amide bonds. The minimum atomic E-state index is -3.46. The Bertz CT molecular complexity index is 565. The highest BCUT2D eigenvalue weighted by atomic mass is 35.5. The van der Waals surface area contributed by atoms with Gasteiger partial charge < -0.3 is 10.6 Å². The zero-order valence-corrected chi connectivity index (χ0v) is 18.1. The molecule has 1 aliphatic heterocycles. The minimum Gasteiger partial charge on any atom is -0.339 e. The maximum absolute atomic E-state index is 12.9. The molecule has 2 aliphatic rings. The molecule has 9 heteroatoms. The fourth-order valence-electron chi connectivity index (χ4n) is 3.52. The maximum atomic E-state index is 12.9. The van der Waals surface area contributed by atoms with Crippen molar-refractivity contribution in [3.8, 4) is 0 Å². The van der Waals surface area contributed by atoms with Crippen LogP contribution in [0.1, 0.15) is 52.9 Å². The number of carbonyl (C=O) groups is 1. The van der Waals surface area contributed by atoms with E-state index in [0.717, 1.165) is 25.7 Å². The van der Waals surface area contributed by atoms with E-state index in [2.05, 4.69) is 0 Å². The fraction of sp³-hybridized carbons (Fsp3) is 0.941. The molecule has 1 heterocycles. The summed E-state index contributed by atoms with van der Waals surface area (Å²) in [6, 6.07) is -0.465. The number of halogens is 1. The first-order chi connectivity index (χ1) is 11.5. The van der Waals surface area contributed by atoms with Gasteiger partial charge in [0.2, 0.25) is 5.91 Å². The Labute approximate surface area is 164 Å². The topological polar surface area (TPSA) is 87.0 Å². The van der Waals surface area contributed by atoms with Crippen LogP contribution in [-0.4, -0.2) is 73.1 Å². The highest BCUT2D eigenvalue weighted by Crippen LogP contribution is 2.25. The molecule has 2 rings (SSSR count). The zero-order valence-electron chi connectivity index (χ0n) is 16.5. The van der Waals surface area contributed by atoms with Gasteiger partial charge >= 0.3 is 0 Å². The molecule has 1 saturated carbocycles. The fourth-order valence-corrected chi connectivity index (χ4v) is 5.10. The number of rotatable bonds is 4. The lowest BCUT2D eigenvalue weighted by Crippen LogP contribution is -2.58. The van der Waals surface area contributed by atoms with Crippen molar-refractivity contribution in [1.29, 1.82) is 0 Å². The van der Waals surface area contributed by atoms with Gasteiger partial charge in [-0.15, -0.1) is 12.4 Å². The third-order valence-electron chi connectivity index (χ3n) is 5.53. The number of hydrogen-bond acceptors (Lipinski definition) is 4. The lowest BCUT2D eigenvalue weighted by Gasteiger charge is -2.40. The van der Waals surface area contributed by atoms with E-state index in [0.29, 0.717) is 26.2 Å². The molecule has 154 valence electrons. The van der Waals surface area contributed by atoms with Crippen molar-refractivity contribution >= 4 is 28.5 Å². The third kappa shape index (κ3) is 5.32. The summed E-state index contributed by atoms with van der Waals surface area (Å²) in [7, 11) is -1.77. The van der Waals surface area contributed by atoms with Crippen molar-refractivity contribution in [2.24, 2.45) is 11.1 Å². The minimum absolute atomic E-state index is 0. The number of piperazine rings is 1. The molecule has 0 bridgehead atoms. The van der Waals surface area contributed by atoms with E-state index in [4.69, 9.17) is 5.73 Å². The molecule has 0 aromatic heterocycles. The first kappa shape index (κ1) is 23.6. The Kier molecular flexibility index (Phi) is 8.35. The van der Waals surface area contributed by atoms with Crippen LogP contribution in [0.4, 0.5) is 0 Å². The van der Waals surface area contributed by atoms with E-state index >= 15 is 0 Å². The molecule has 1 saturated heterocycles. The standard InChI is InChI=1S/C17H34N4O3S.ClH/c1-17(2,3)15(18)16(22)20-10-12-21(13-11-20)25(23,24)19(4)14-8-6-5-7-9-14;/h14-15H,5-13,18H2,1-4H3;1H/t15-;/m1./s1. The molecular formula is C17H35ClN4O3S. The van der Waals surface area contributed by atoms with Crippen molar-refractivity contribution in [2.75, 3.05) is 33.2 Å². The molecule has 2 N–H and O–H groups in total. The zero-order chi connectivity index (χ0) is 18.8. The van der Waals surface area contributed by atoms with Gasteiger partial charge in [-0.05, 0) is 18.3 Å². The highest BCUT2D eigenvalue weighted by Gasteiger charge is 2.37. The van der Waals surface area contributed by atoms with E-state index in [9.17, 15) is 13.2 Å². The summed E-state index contributed by atoms with van der Waals surface area (Å²) in [5.41, 5.74) is 5.76. The summed E-state index contributed by atoms with van der Waals surface area (Å²) in [6.45, 7) is 7.30. The summed E-state index contributed by atoms with van der Waals surface area (Å²) in [6.07, 6.45) is 5.26. The number of nitrogens with two attached hydrogens (primary N) is 1. The molecule has 0 aromatic carbocycles. The molecular weight excluding hydrogens is 376 g/mol. The van der Waals surface area contributed by atoms with Crippen LogP contribution in [0.5, 0.6) is 0 Å². The predicted octanol–water partition coefficient (Wildman–Crippen LogP) is 1.44. The van der Waals surface area contributed by atoms with Crippen LogP contribution >= 0.6 is 12.4 Å².